The summed E-state index contributed by atoms with van der Waals surface area (Å²) in [5.74, 6) is 0.0647. The fourth-order valence-electron chi connectivity index (χ4n) is 2.33. The summed E-state index contributed by atoms with van der Waals surface area (Å²) in [5, 5.41) is 0.678. The average Bonchev–Trinajstić information content (AvgIpc) is 3.21. The van der Waals surface area contributed by atoms with Crippen LogP contribution in [0, 0.1) is 0 Å². The van der Waals surface area contributed by atoms with E-state index in [9.17, 15) is 4.79 Å². The summed E-state index contributed by atoms with van der Waals surface area (Å²) in [4.78, 5) is 16.7. The molecule has 3 nitrogen and oxygen atoms in total. The van der Waals surface area contributed by atoms with E-state index in [0.29, 0.717) is 16.4 Å². The van der Waals surface area contributed by atoms with E-state index in [0.717, 1.165) is 18.4 Å². The predicted octanol–water partition coefficient (Wildman–Crippen LogP) is 3.23. The van der Waals surface area contributed by atoms with Crippen LogP contribution >= 0.6 is 11.6 Å². The molecule has 19 heavy (non-hydrogen) atoms. The van der Waals surface area contributed by atoms with Gasteiger partial charge >= 0.3 is 0 Å². The number of hydrogen-bond donors (Lipinski definition) is 1. The first-order chi connectivity index (χ1) is 9.12. The minimum atomic E-state index is -0.409. The van der Waals surface area contributed by atoms with Crippen molar-refractivity contribution >= 4 is 23.1 Å². The van der Waals surface area contributed by atoms with Crippen LogP contribution in [0.4, 0.5) is 5.69 Å². The molecule has 2 N–H and O–H groups in total. The van der Waals surface area contributed by atoms with E-state index >= 15 is 0 Å². The van der Waals surface area contributed by atoms with Gasteiger partial charge < -0.3 is 5.73 Å². The molecule has 1 aliphatic carbocycles. The van der Waals surface area contributed by atoms with E-state index in [-0.39, 0.29) is 5.78 Å². The first kappa shape index (κ1) is 12.2. The third-order valence-electron chi connectivity index (χ3n) is 3.60. The summed E-state index contributed by atoms with van der Waals surface area (Å²) >= 11 is 5.88. The summed E-state index contributed by atoms with van der Waals surface area (Å²) < 4.78 is 0. The molecule has 1 saturated carbocycles. The highest BCUT2D eigenvalue weighted by Crippen LogP contribution is 2.50. The molecular weight excluding hydrogens is 260 g/mol. The zero-order valence-corrected chi connectivity index (χ0v) is 11.0. The summed E-state index contributed by atoms with van der Waals surface area (Å²) in [6.07, 6.45) is 3.24. The number of hydrogen-bond acceptors (Lipinski definition) is 3. The van der Waals surface area contributed by atoms with Crippen molar-refractivity contribution in [2.45, 2.75) is 18.3 Å². The average molecular weight is 273 g/mol. The Labute approximate surface area is 116 Å². The highest BCUT2D eigenvalue weighted by atomic mass is 35.5. The Balaban J connectivity index is 1.94. The topological polar surface area (TPSA) is 56.0 Å². The van der Waals surface area contributed by atoms with Gasteiger partial charge in [0.25, 0.3) is 0 Å². The molecule has 0 bridgehead atoms. The van der Waals surface area contributed by atoms with Crippen molar-refractivity contribution in [3.8, 4) is 0 Å². The van der Waals surface area contributed by atoms with Crippen LogP contribution in [0.5, 0.6) is 0 Å². The van der Waals surface area contributed by atoms with Crippen molar-refractivity contribution in [2.24, 2.45) is 0 Å². The third-order valence-corrected chi connectivity index (χ3v) is 3.85. The molecule has 0 aliphatic heterocycles. The Bertz CT molecular complexity index is 616. The molecule has 1 fully saturated rings. The first-order valence-corrected chi connectivity index (χ1v) is 6.52. The second-order valence-electron chi connectivity index (χ2n) is 4.89. The van der Waals surface area contributed by atoms with Gasteiger partial charge in [0.15, 0.2) is 5.78 Å². The highest BCUT2D eigenvalue weighted by molar-refractivity contribution is 6.30. The fourth-order valence-corrected chi connectivity index (χ4v) is 2.45. The molecule has 96 valence electrons. The number of nitrogens with two attached hydrogens (primary N) is 1. The zero-order chi connectivity index (χ0) is 13.5. The molecule has 0 spiro atoms. The molecule has 0 amide bonds. The van der Waals surface area contributed by atoms with Gasteiger partial charge in [-0.3, -0.25) is 9.78 Å². The molecular formula is C15H13ClN2O. The quantitative estimate of drug-likeness (QED) is 0.873. The molecule has 2 aromatic rings. The number of Topliss-reactive ketones (excluding diaryl/α,β-unsaturated/α-hetero) is 1. The standard InChI is InChI=1S/C15H13ClN2O/c16-11-3-1-10(2-4-11)15(7-8-15)14(19)13-6-5-12(17)9-18-13/h1-6,9H,7-8,17H2. The number of halogens is 1. The SMILES string of the molecule is Nc1ccc(C(=O)C2(c3ccc(Cl)cc3)CC2)nc1. The van der Waals surface area contributed by atoms with Crippen molar-refractivity contribution in [1.82, 2.24) is 4.98 Å². The van der Waals surface area contributed by atoms with Crippen molar-refractivity contribution in [2.75, 3.05) is 5.73 Å². The maximum absolute atomic E-state index is 12.6. The first-order valence-electron chi connectivity index (χ1n) is 6.14. The summed E-state index contributed by atoms with van der Waals surface area (Å²) in [6, 6.07) is 10.9. The van der Waals surface area contributed by atoms with Crippen LogP contribution in [0.15, 0.2) is 42.6 Å². The Hall–Kier alpha value is -1.87. The Morgan fingerprint density at radius 3 is 2.37 bits per heavy atom. The van der Waals surface area contributed by atoms with E-state index in [2.05, 4.69) is 4.98 Å². The zero-order valence-electron chi connectivity index (χ0n) is 10.3. The molecule has 1 aliphatic rings. The van der Waals surface area contributed by atoms with Crippen LogP contribution in [0.3, 0.4) is 0 Å². The lowest BCUT2D eigenvalue weighted by Gasteiger charge is -2.14. The number of benzene rings is 1. The van der Waals surface area contributed by atoms with Gasteiger partial charge in [-0.2, -0.15) is 0 Å². The van der Waals surface area contributed by atoms with Crippen LogP contribution in [0.1, 0.15) is 28.9 Å². The normalized spacial score (nSPS) is 16.1. The lowest BCUT2D eigenvalue weighted by atomic mass is 9.89. The fraction of sp³-hybridized carbons (Fsp3) is 0.200. The van der Waals surface area contributed by atoms with Crippen molar-refractivity contribution < 1.29 is 4.79 Å². The third kappa shape index (κ3) is 2.10. The molecule has 0 atom stereocenters. The van der Waals surface area contributed by atoms with E-state index in [4.69, 9.17) is 17.3 Å². The smallest absolute Gasteiger partial charge is 0.191 e. The number of rotatable bonds is 3. The van der Waals surface area contributed by atoms with Gasteiger partial charge in [0.05, 0.1) is 17.3 Å². The number of carbonyl (C=O) groups excluding carboxylic acids is 1. The highest BCUT2D eigenvalue weighted by Gasteiger charge is 2.51. The van der Waals surface area contributed by atoms with E-state index < -0.39 is 5.41 Å². The minimum Gasteiger partial charge on any atom is -0.397 e. The number of aromatic nitrogens is 1. The van der Waals surface area contributed by atoms with Gasteiger partial charge in [-0.25, -0.2) is 0 Å². The molecule has 0 unspecified atom stereocenters. The van der Waals surface area contributed by atoms with Gasteiger partial charge in [-0.1, -0.05) is 23.7 Å². The van der Waals surface area contributed by atoms with E-state index in [1.165, 1.54) is 6.20 Å². The molecule has 1 aromatic carbocycles. The molecule has 4 heteroatoms. The summed E-state index contributed by atoms with van der Waals surface area (Å²) in [5.41, 5.74) is 7.23. The number of pyridine rings is 1. The maximum atomic E-state index is 12.6. The number of carbonyl (C=O) groups is 1. The van der Waals surface area contributed by atoms with Crippen molar-refractivity contribution in [3.63, 3.8) is 0 Å². The lowest BCUT2D eigenvalue weighted by Crippen LogP contribution is -2.21. The number of anilines is 1. The van der Waals surface area contributed by atoms with E-state index in [1.807, 2.05) is 24.3 Å². The summed E-state index contributed by atoms with van der Waals surface area (Å²) in [7, 11) is 0. The second-order valence-corrected chi connectivity index (χ2v) is 5.33. The maximum Gasteiger partial charge on any atom is 0.191 e. The Morgan fingerprint density at radius 2 is 1.84 bits per heavy atom. The van der Waals surface area contributed by atoms with Gasteiger partial charge in [0.2, 0.25) is 0 Å². The number of nitrogens with zero attached hydrogens (tertiary/aromatic N) is 1. The van der Waals surface area contributed by atoms with Crippen LogP contribution in [-0.2, 0) is 5.41 Å². The van der Waals surface area contributed by atoms with Crippen LogP contribution in [0.25, 0.3) is 0 Å². The summed E-state index contributed by atoms with van der Waals surface area (Å²) in [6.45, 7) is 0. The van der Waals surface area contributed by atoms with Gasteiger partial charge in [-0.05, 0) is 42.7 Å². The molecule has 3 rings (SSSR count). The van der Waals surface area contributed by atoms with Crippen molar-refractivity contribution in [1.29, 1.82) is 0 Å². The van der Waals surface area contributed by atoms with Crippen LogP contribution in [-0.4, -0.2) is 10.8 Å². The Kier molecular flexibility index (Phi) is 2.79. The lowest BCUT2D eigenvalue weighted by molar-refractivity contribution is 0.0941. The molecule has 0 saturated heterocycles. The van der Waals surface area contributed by atoms with Crippen LogP contribution in [0.2, 0.25) is 5.02 Å². The number of nitrogen functional groups attached to an aromatic ring is 1. The Morgan fingerprint density at radius 1 is 1.16 bits per heavy atom. The molecule has 0 radical (unpaired) electrons. The van der Waals surface area contributed by atoms with Gasteiger partial charge in [0.1, 0.15) is 5.69 Å². The van der Waals surface area contributed by atoms with Gasteiger partial charge in [-0.15, -0.1) is 0 Å². The monoisotopic (exact) mass is 272 g/mol. The van der Waals surface area contributed by atoms with Crippen LogP contribution < -0.4 is 5.73 Å². The largest absolute Gasteiger partial charge is 0.397 e. The number of ketones is 1. The van der Waals surface area contributed by atoms with E-state index in [1.54, 1.807) is 12.1 Å². The molecule has 1 aromatic heterocycles. The predicted molar refractivity (Wildman–Crippen MR) is 75.3 cm³/mol. The second kappa shape index (κ2) is 4.35. The van der Waals surface area contributed by atoms with Crippen molar-refractivity contribution in [3.05, 3.63) is 58.9 Å². The minimum absolute atomic E-state index is 0.0647. The molecule has 1 heterocycles. The van der Waals surface area contributed by atoms with Gasteiger partial charge in [0, 0.05) is 5.02 Å².